The van der Waals surface area contributed by atoms with Gasteiger partial charge in [0.25, 0.3) is 11.8 Å². The number of ether oxygens (including phenoxy) is 1. The molecule has 1 unspecified atom stereocenters. The topological polar surface area (TPSA) is 120 Å². The second-order valence-corrected chi connectivity index (χ2v) is 10.1. The highest BCUT2D eigenvalue weighted by atomic mass is 19.1. The maximum absolute atomic E-state index is 14.9. The van der Waals surface area contributed by atoms with Crippen molar-refractivity contribution in [2.75, 3.05) is 51.3 Å². The van der Waals surface area contributed by atoms with Crippen molar-refractivity contribution in [1.82, 2.24) is 25.4 Å². The van der Waals surface area contributed by atoms with Gasteiger partial charge in [-0.05, 0) is 36.7 Å². The van der Waals surface area contributed by atoms with Gasteiger partial charge in [0.05, 0.1) is 19.2 Å². The zero-order valence-corrected chi connectivity index (χ0v) is 21.8. The summed E-state index contributed by atoms with van der Waals surface area (Å²) in [5, 5.41) is 4.90. The monoisotopic (exact) mass is 536 g/mol. The maximum Gasteiger partial charge on any atom is 0.322 e. The molecule has 0 saturated carbocycles. The van der Waals surface area contributed by atoms with Crippen LogP contribution in [0.2, 0.25) is 0 Å². The van der Waals surface area contributed by atoms with Crippen LogP contribution in [0, 0.1) is 5.82 Å². The standard InChI is InChI=1S/C27H29FN6O5/c1-3-8-32-9-11-33(12-10-32)21-7-6-18-17(29-21)13-20(39-18)27(25(36)30-26(37)31-27)15-34-14-16-4-5-19(38-2)23(28)22(16)24(34)35/h4-7,13H,3,8-12,14-15H2,1-2H3,(H2,30,31,36,37). The first kappa shape index (κ1) is 25.1. The molecule has 2 saturated heterocycles. The molecule has 39 heavy (non-hydrogen) atoms. The highest BCUT2D eigenvalue weighted by Crippen LogP contribution is 2.36. The van der Waals surface area contributed by atoms with Crippen LogP contribution in [-0.2, 0) is 16.9 Å². The Morgan fingerprint density at radius 2 is 1.92 bits per heavy atom. The van der Waals surface area contributed by atoms with E-state index in [4.69, 9.17) is 14.1 Å². The van der Waals surface area contributed by atoms with Gasteiger partial charge in [-0.25, -0.2) is 14.2 Å². The van der Waals surface area contributed by atoms with Crippen LogP contribution < -0.4 is 20.3 Å². The van der Waals surface area contributed by atoms with Crippen LogP contribution in [0.4, 0.5) is 15.0 Å². The summed E-state index contributed by atoms with van der Waals surface area (Å²) in [6.07, 6.45) is 1.12. The molecular formula is C27H29FN6O5. The smallest absolute Gasteiger partial charge is 0.322 e. The molecule has 0 radical (unpaired) electrons. The van der Waals surface area contributed by atoms with E-state index in [1.165, 1.54) is 18.1 Å². The summed E-state index contributed by atoms with van der Waals surface area (Å²) >= 11 is 0. The lowest BCUT2D eigenvalue weighted by atomic mass is 9.95. The molecule has 11 nitrogen and oxygen atoms in total. The molecule has 0 spiro atoms. The van der Waals surface area contributed by atoms with Crippen molar-refractivity contribution < 1.29 is 27.9 Å². The van der Waals surface area contributed by atoms with Crippen molar-refractivity contribution in [3.8, 4) is 5.75 Å². The zero-order valence-electron chi connectivity index (χ0n) is 21.8. The first-order valence-electron chi connectivity index (χ1n) is 13.0. The van der Waals surface area contributed by atoms with Crippen LogP contribution in [0.15, 0.2) is 34.7 Å². The Morgan fingerprint density at radius 1 is 1.13 bits per heavy atom. The number of nitrogens with one attached hydrogen (secondary N) is 2. The number of methoxy groups -OCH3 is 1. The highest BCUT2D eigenvalue weighted by molar-refractivity contribution is 6.08. The molecule has 5 heterocycles. The summed E-state index contributed by atoms with van der Waals surface area (Å²) in [5.41, 5.74) is -0.378. The Labute approximate surface area is 223 Å². The van der Waals surface area contributed by atoms with Crippen LogP contribution >= 0.6 is 0 Å². The van der Waals surface area contributed by atoms with Gasteiger partial charge < -0.3 is 24.3 Å². The van der Waals surface area contributed by atoms with Crippen LogP contribution in [0.1, 0.15) is 35.0 Å². The third kappa shape index (κ3) is 4.15. The molecule has 1 atom stereocenters. The molecule has 6 rings (SSSR count). The minimum Gasteiger partial charge on any atom is -0.494 e. The minimum absolute atomic E-state index is 0.0449. The van der Waals surface area contributed by atoms with Crippen LogP contribution in [-0.4, -0.2) is 79.0 Å². The van der Waals surface area contributed by atoms with Crippen molar-refractivity contribution in [3.05, 3.63) is 53.0 Å². The van der Waals surface area contributed by atoms with Gasteiger partial charge in [0, 0.05) is 38.8 Å². The summed E-state index contributed by atoms with van der Waals surface area (Å²) in [4.78, 5) is 49.5. The van der Waals surface area contributed by atoms with E-state index in [1.807, 2.05) is 6.07 Å². The zero-order chi connectivity index (χ0) is 27.3. The Morgan fingerprint density at radius 3 is 2.62 bits per heavy atom. The molecule has 3 aliphatic rings. The molecule has 0 aliphatic carbocycles. The first-order chi connectivity index (χ1) is 18.8. The van der Waals surface area contributed by atoms with E-state index in [1.54, 1.807) is 18.2 Å². The average molecular weight is 537 g/mol. The summed E-state index contributed by atoms with van der Waals surface area (Å²) < 4.78 is 26.0. The lowest BCUT2D eigenvalue weighted by Crippen LogP contribution is -2.52. The minimum atomic E-state index is -1.71. The quantitative estimate of drug-likeness (QED) is 0.441. The van der Waals surface area contributed by atoms with Crippen molar-refractivity contribution in [2.45, 2.75) is 25.4 Å². The van der Waals surface area contributed by atoms with Gasteiger partial charge in [-0.2, -0.15) is 0 Å². The lowest BCUT2D eigenvalue weighted by molar-refractivity contribution is -0.125. The molecule has 2 aromatic heterocycles. The molecule has 3 aromatic rings. The number of nitrogens with zero attached hydrogens (tertiary/aromatic N) is 4. The number of aromatic nitrogens is 1. The van der Waals surface area contributed by atoms with Crippen molar-refractivity contribution in [1.29, 1.82) is 0 Å². The molecule has 4 amide bonds. The second-order valence-electron chi connectivity index (χ2n) is 10.1. The van der Waals surface area contributed by atoms with Gasteiger partial charge in [-0.1, -0.05) is 13.0 Å². The third-order valence-corrected chi connectivity index (χ3v) is 7.66. The van der Waals surface area contributed by atoms with E-state index in [-0.39, 0.29) is 30.2 Å². The fourth-order valence-electron chi connectivity index (χ4n) is 5.64. The summed E-state index contributed by atoms with van der Waals surface area (Å²) in [6, 6.07) is 7.65. The summed E-state index contributed by atoms with van der Waals surface area (Å²) in [5.74, 6) is -1.13. The van der Waals surface area contributed by atoms with Gasteiger partial charge in [0.2, 0.25) is 0 Å². The van der Waals surface area contributed by atoms with E-state index < -0.39 is 29.2 Å². The predicted molar refractivity (Wildman–Crippen MR) is 139 cm³/mol. The molecular weight excluding hydrogens is 507 g/mol. The molecule has 2 N–H and O–H groups in total. The van der Waals surface area contributed by atoms with Crippen molar-refractivity contribution in [3.63, 3.8) is 0 Å². The number of piperazine rings is 1. The number of carbonyl (C=O) groups is 3. The number of furan rings is 1. The SMILES string of the molecule is CCCN1CCN(c2ccc3oc(C4(CN5Cc6ccc(OC)c(F)c6C5=O)NC(=O)NC4=O)cc3n2)CC1. The number of rotatable bonds is 7. The maximum atomic E-state index is 14.9. The number of benzene rings is 1. The van der Waals surface area contributed by atoms with Crippen LogP contribution in [0.25, 0.3) is 11.1 Å². The molecule has 204 valence electrons. The van der Waals surface area contributed by atoms with E-state index in [0.717, 1.165) is 45.0 Å². The number of imide groups is 1. The fraction of sp³-hybridized carbons (Fsp3) is 0.407. The molecule has 0 bridgehead atoms. The fourth-order valence-corrected chi connectivity index (χ4v) is 5.64. The molecule has 1 aromatic carbocycles. The lowest BCUT2D eigenvalue weighted by Gasteiger charge is -2.35. The van der Waals surface area contributed by atoms with Gasteiger partial charge in [-0.3, -0.25) is 19.8 Å². The number of urea groups is 1. The average Bonchev–Trinajstić information content (AvgIpc) is 3.58. The predicted octanol–water partition coefficient (Wildman–Crippen LogP) is 2.20. The second kappa shape index (κ2) is 9.53. The van der Waals surface area contributed by atoms with Crippen LogP contribution in [0.5, 0.6) is 5.75 Å². The van der Waals surface area contributed by atoms with Crippen molar-refractivity contribution >= 4 is 34.8 Å². The molecule has 12 heteroatoms. The van der Waals surface area contributed by atoms with Crippen molar-refractivity contribution in [2.24, 2.45) is 0 Å². The number of hydrogen-bond acceptors (Lipinski definition) is 8. The Kier molecular flexibility index (Phi) is 6.13. The highest BCUT2D eigenvalue weighted by Gasteiger charge is 2.53. The number of hydrogen-bond donors (Lipinski definition) is 2. The molecule has 3 aliphatic heterocycles. The van der Waals surface area contributed by atoms with E-state index in [2.05, 4.69) is 27.4 Å². The van der Waals surface area contributed by atoms with Crippen LogP contribution in [0.3, 0.4) is 0 Å². The van der Waals surface area contributed by atoms with Gasteiger partial charge >= 0.3 is 6.03 Å². The summed E-state index contributed by atoms with van der Waals surface area (Å²) in [6.45, 7) is 6.67. The number of halogens is 1. The summed E-state index contributed by atoms with van der Waals surface area (Å²) in [7, 11) is 1.32. The third-order valence-electron chi connectivity index (χ3n) is 7.66. The Balaban J connectivity index is 1.30. The van der Waals surface area contributed by atoms with E-state index in [9.17, 15) is 18.8 Å². The number of anilines is 1. The van der Waals surface area contributed by atoms with Gasteiger partial charge in [-0.15, -0.1) is 0 Å². The Bertz CT molecular complexity index is 1480. The van der Waals surface area contributed by atoms with Gasteiger partial charge in [0.15, 0.2) is 22.7 Å². The molecule has 2 fully saturated rings. The van der Waals surface area contributed by atoms with Gasteiger partial charge in [0.1, 0.15) is 17.1 Å². The number of pyridine rings is 1. The van der Waals surface area contributed by atoms with E-state index in [0.29, 0.717) is 16.7 Å². The van der Waals surface area contributed by atoms with E-state index >= 15 is 0 Å². The Hall–Kier alpha value is -4.19. The number of carbonyl (C=O) groups excluding carboxylic acids is 3. The largest absolute Gasteiger partial charge is 0.494 e. The number of amides is 4. The first-order valence-corrected chi connectivity index (χ1v) is 13.0. The number of fused-ring (bicyclic) bond motifs is 2. The normalized spacial score (nSPS) is 21.5.